The highest BCUT2D eigenvalue weighted by Crippen LogP contribution is 2.27. The minimum absolute atomic E-state index is 0.421. The third-order valence-electron chi connectivity index (χ3n) is 2.38. The van der Waals surface area contributed by atoms with E-state index in [0.29, 0.717) is 11.1 Å². The first kappa shape index (κ1) is 8.23. The molecule has 74 valence electrons. The molecule has 1 aromatic carbocycles. The second-order valence-corrected chi connectivity index (χ2v) is 3.34. The summed E-state index contributed by atoms with van der Waals surface area (Å²) < 4.78 is 5.15. The molecule has 0 radical (unpaired) electrons. The van der Waals surface area contributed by atoms with Crippen LogP contribution in [0.15, 0.2) is 33.6 Å². The molecule has 2 heterocycles. The van der Waals surface area contributed by atoms with Gasteiger partial charge in [-0.1, -0.05) is 12.2 Å². The van der Waals surface area contributed by atoms with Gasteiger partial charge in [0.1, 0.15) is 11.7 Å². The zero-order valence-electron chi connectivity index (χ0n) is 7.86. The quantitative estimate of drug-likeness (QED) is 0.702. The van der Waals surface area contributed by atoms with Crippen molar-refractivity contribution < 1.29 is 4.42 Å². The average molecular weight is 200 g/mol. The molecule has 3 rings (SSSR count). The van der Waals surface area contributed by atoms with Crippen molar-refractivity contribution in [1.82, 2.24) is 4.98 Å². The number of anilines is 1. The smallest absolute Gasteiger partial charge is 0.354 e. The Kier molecular flexibility index (Phi) is 1.62. The lowest BCUT2D eigenvalue weighted by atomic mass is 10.1. The van der Waals surface area contributed by atoms with Gasteiger partial charge in [-0.15, -0.1) is 0 Å². The number of aromatic nitrogens is 1. The molecule has 4 heteroatoms. The normalized spacial score (nSPS) is 13.6. The molecule has 0 saturated heterocycles. The van der Waals surface area contributed by atoms with Gasteiger partial charge in [0.2, 0.25) is 0 Å². The fourth-order valence-corrected chi connectivity index (χ4v) is 1.71. The van der Waals surface area contributed by atoms with Crippen molar-refractivity contribution in [2.75, 3.05) is 11.9 Å². The van der Waals surface area contributed by atoms with Gasteiger partial charge in [-0.3, -0.25) is 0 Å². The number of rotatable bonds is 0. The molecule has 0 unspecified atom stereocenters. The molecule has 0 atom stereocenters. The Morgan fingerprint density at radius 3 is 3.27 bits per heavy atom. The zero-order chi connectivity index (χ0) is 10.3. The summed E-state index contributed by atoms with van der Waals surface area (Å²) in [6, 6.07) is 3.78. The molecule has 1 N–H and O–H groups in total. The van der Waals surface area contributed by atoms with E-state index in [2.05, 4.69) is 10.3 Å². The molecule has 0 aliphatic carbocycles. The topological polar surface area (TPSA) is 55.1 Å². The summed E-state index contributed by atoms with van der Waals surface area (Å²) >= 11 is 0. The molecule has 0 fully saturated rings. The Bertz CT molecular complexity index is 614. The monoisotopic (exact) mass is 200 g/mol. The largest absolute Gasteiger partial charge is 0.419 e. The summed E-state index contributed by atoms with van der Waals surface area (Å²) in [4.78, 5) is 15.1. The van der Waals surface area contributed by atoms with E-state index in [0.717, 1.165) is 17.8 Å². The lowest BCUT2D eigenvalue weighted by Gasteiger charge is -2.13. The lowest BCUT2D eigenvalue weighted by Crippen LogP contribution is -2.06. The van der Waals surface area contributed by atoms with Gasteiger partial charge >= 0.3 is 5.63 Å². The first-order valence-electron chi connectivity index (χ1n) is 4.68. The molecule has 0 amide bonds. The van der Waals surface area contributed by atoms with Gasteiger partial charge in [-0.25, -0.2) is 9.78 Å². The summed E-state index contributed by atoms with van der Waals surface area (Å²) in [6.07, 6.45) is 5.11. The van der Waals surface area contributed by atoms with Crippen LogP contribution < -0.4 is 10.9 Å². The Balaban J connectivity index is 2.46. The van der Waals surface area contributed by atoms with Gasteiger partial charge in [-0.05, 0) is 12.1 Å². The van der Waals surface area contributed by atoms with E-state index >= 15 is 0 Å². The third-order valence-corrected chi connectivity index (χ3v) is 2.38. The van der Waals surface area contributed by atoms with Gasteiger partial charge in [0.05, 0.1) is 0 Å². The Labute approximate surface area is 85.2 Å². The molecule has 0 spiro atoms. The molecule has 1 aliphatic heterocycles. The number of nitrogens with zero attached hydrogens (tertiary/aromatic N) is 1. The summed E-state index contributed by atoms with van der Waals surface area (Å²) in [5.41, 5.74) is 2.69. The van der Waals surface area contributed by atoms with Crippen molar-refractivity contribution in [1.29, 1.82) is 0 Å². The highest BCUT2D eigenvalue weighted by molar-refractivity contribution is 5.90. The predicted molar refractivity (Wildman–Crippen MR) is 57.8 cm³/mol. The van der Waals surface area contributed by atoms with E-state index in [1.807, 2.05) is 24.3 Å². The van der Waals surface area contributed by atoms with E-state index in [1.165, 1.54) is 6.20 Å². The van der Waals surface area contributed by atoms with Gasteiger partial charge in [0, 0.05) is 17.8 Å². The fourth-order valence-electron chi connectivity index (χ4n) is 1.71. The van der Waals surface area contributed by atoms with Crippen LogP contribution >= 0.6 is 0 Å². The molecule has 2 aromatic rings. The SMILES string of the molecule is O=c1cnc2ccc3c(c2o1)C=CCN3. The van der Waals surface area contributed by atoms with E-state index < -0.39 is 5.63 Å². The van der Waals surface area contributed by atoms with Crippen molar-refractivity contribution in [3.63, 3.8) is 0 Å². The van der Waals surface area contributed by atoms with Gasteiger partial charge < -0.3 is 9.73 Å². The van der Waals surface area contributed by atoms with Crippen LogP contribution in [0.1, 0.15) is 5.56 Å². The molecular formula is C11H8N2O2. The van der Waals surface area contributed by atoms with E-state index in [-0.39, 0.29) is 0 Å². The second-order valence-electron chi connectivity index (χ2n) is 3.34. The molecular weight excluding hydrogens is 192 g/mol. The van der Waals surface area contributed by atoms with Crippen LogP contribution in [-0.4, -0.2) is 11.5 Å². The molecule has 1 aromatic heterocycles. The minimum Gasteiger partial charge on any atom is -0.419 e. The van der Waals surface area contributed by atoms with Crippen molar-refractivity contribution in [3.05, 3.63) is 40.4 Å². The van der Waals surface area contributed by atoms with Crippen LogP contribution in [0.2, 0.25) is 0 Å². The standard InChI is InChI=1S/C11H8N2O2/c14-10-6-13-9-4-3-8-7(11(9)15-10)2-1-5-12-8/h1-4,6,12H,5H2. The Morgan fingerprint density at radius 2 is 2.33 bits per heavy atom. The van der Waals surface area contributed by atoms with Crippen LogP contribution in [0.4, 0.5) is 5.69 Å². The van der Waals surface area contributed by atoms with Gasteiger partial charge in [0.15, 0.2) is 5.58 Å². The zero-order valence-corrected chi connectivity index (χ0v) is 7.86. The number of nitrogens with one attached hydrogen (secondary N) is 1. The minimum atomic E-state index is -0.421. The van der Waals surface area contributed by atoms with Gasteiger partial charge in [0.25, 0.3) is 0 Å². The molecule has 4 nitrogen and oxygen atoms in total. The summed E-state index contributed by atoms with van der Waals surface area (Å²) in [5, 5.41) is 3.20. The summed E-state index contributed by atoms with van der Waals surface area (Å²) in [5.74, 6) is 0. The highest BCUT2D eigenvalue weighted by atomic mass is 16.4. The van der Waals surface area contributed by atoms with Crippen LogP contribution in [0.25, 0.3) is 17.2 Å². The lowest BCUT2D eigenvalue weighted by molar-refractivity contribution is 0.554. The fraction of sp³-hybridized carbons (Fsp3) is 0.0909. The number of hydrogen-bond donors (Lipinski definition) is 1. The predicted octanol–water partition coefficient (Wildman–Crippen LogP) is 1.63. The maximum Gasteiger partial charge on any atom is 0.354 e. The molecule has 1 aliphatic rings. The highest BCUT2D eigenvalue weighted by Gasteiger charge is 2.10. The van der Waals surface area contributed by atoms with E-state index in [9.17, 15) is 4.79 Å². The van der Waals surface area contributed by atoms with E-state index in [4.69, 9.17) is 4.42 Å². The van der Waals surface area contributed by atoms with E-state index in [1.54, 1.807) is 0 Å². The van der Waals surface area contributed by atoms with Crippen molar-refractivity contribution in [2.45, 2.75) is 0 Å². The molecule has 0 bridgehead atoms. The maximum atomic E-state index is 11.1. The van der Waals surface area contributed by atoms with Crippen LogP contribution in [0, 0.1) is 0 Å². The molecule has 0 saturated carbocycles. The summed E-state index contributed by atoms with van der Waals surface area (Å²) in [7, 11) is 0. The van der Waals surface area contributed by atoms with Crippen LogP contribution in [-0.2, 0) is 0 Å². The first-order valence-corrected chi connectivity index (χ1v) is 4.68. The van der Waals surface area contributed by atoms with Crippen LogP contribution in [0.3, 0.4) is 0 Å². The van der Waals surface area contributed by atoms with Gasteiger partial charge in [-0.2, -0.15) is 0 Å². The Morgan fingerprint density at radius 1 is 1.40 bits per heavy atom. The number of hydrogen-bond acceptors (Lipinski definition) is 4. The number of fused-ring (bicyclic) bond motifs is 3. The maximum absolute atomic E-state index is 11.1. The van der Waals surface area contributed by atoms with Crippen molar-refractivity contribution in [2.24, 2.45) is 0 Å². The second kappa shape index (κ2) is 2.95. The first-order chi connectivity index (χ1) is 7.34. The summed E-state index contributed by atoms with van der Waals surface area (Å²) in [6.45, 7) is 0.795. The average Bonchev–Trinajstić information content (AvgIpc) is 2.29. The third kappa shape index (κ3) is 1.22. The molecule has 15 heavy (non-hydrogen) atoms. The Hall–Kier alpha value is -2.10. The van der Waals surface area contributed by atoms with Crippen LogP contribution in [0.5, 0.6) is 0 Å². The van der Waals surface area contributed by atoms with Crippen molar-refractivity contribution >= 4 is 22.9 Å². The van der Waals surface area contributed by atoms with Crippen molar-refractivity contribution in [3.8, 4) is 0 Å². The number of benzene rings is 1.